The quantitative estimate of drug-likeness (QED) is 0.845. The molecule has 1 saturated heterocycles. The van der Waals surface area contributed by atoms with Crippen molar-refractivity contribution in [1.82, 2.24) is 5.32 Å². The molecule has 2 N–H and O–H groups in total. The highest BCUT2D eigenvalue weighted by Crippen LogP contribution is 2.25. The lowest BCUT2D eigenvalue weighted by Gasteiger charge is -2.32. The summed E-state index contributed by atoms with van der Waals surface area (Å²) in [5, 5.41) is 13.8. The fourth-order valence-corrected chi connectivity index (χ4v) is 2.45. The molecule has 0 aromatic heterocycles. The third kappa shape index (κ3) is 5.07. The van der Waals surface area contributed by atoms with Crippen LogP contribution in [0.25, 0.3) is 0 Å². The first-order chi connectivity index (χ1) is 9.98. The molecule has 4 nitrogen and oxygen atoms in total. The predicted octanol–water partition coefficient (Wildman–Crippen LogP) is 2.57. The van der Waals surface area contributed by atoms with Gasteiger partial charge >= 0.3 is 6.61 Å². The lowest BCUT2D eigenvalue weighted by atomic mass is 9.94. The fourth-order valence-electron chi connectivity index (χ4n) is 2.26. The molecule has 1 fully saturated rings. The van der Waals surface area contributed by atoms with Crippen LogP contribution in [0.2, 0.25) is 5.02 Å². The molecular weight excluding hydrogens is 304 g/mol. The highest BCUT2D eigenvalue weighted by Gasteiger charge is 2.29. The van der Waals surface area contributed by atoms with Crippen LogP contribution in [0.1, 0.15) is 18.4 Å². The van der Waals surface area contributed by atoms with Crippen LogP contribution >= 0.6 is 11.6 Å². The summed E-state index contributed by atoms with van der Waals surface area (Å²) in [5.41, 5.74) is -0.293. The standard InChI is InChI=1S/C14H18ClF2NO3/c15-11-1-2-12(21-13(16)17)10(7-11)8-18-9-14(19)3-5-20-6-4-14/h1-2,7,13,18-19H,3-6,8-9H2. The summed E-state index contributed by atoms with van der Waals surface area (Å²) in [6.07, 6.45) is 1.10. The Labute approximate surface area is 127 Å². The van der Waals surface area contributed by atoms with Crippen molar-refractivity contribution in [3.63, 3.8) is 0 Å². The molecule has 2 rings (SSSR count). The summed E-state index contributed by atoms with van der Waals surface area (Å²) in [4.78, 5) is 0. The van der Waals surface area contributed by atoms with Crippen molar-refractivity contribution < 1.29 is 23.4 Å². The van der Waals surface area contributed by atoms with Crippen molar-refractivity contribution in [1.29, 1.82) is 0 Å². The van der Waals surface area contributed by atoms with E-state index in [2.05, 4.69) is 10.1 Å². The Kier molecular flexibility index (Phi) is 5.75. The Balaban J connectivity index is 1.94. The first-order valence-electron chi connectivity index (χ1n) is 6.73. The van der Waals surface area contributed by atoms with Crippen molar-refractivity contribution in [2.45, 2.75) is 31.6 Å². The molecule has 0 radical (unpaired) electrons. The van der Waals surface area contributed by atoms with E-state index in [1.54, 1.807) is 6.07 Å². The van der Waals surface area contributed by atoms with E-state index >= 15 is 0 Å². The number of benzene rings is 1. The van der Waals surface area contributed by atoms with Gasteiger partial charge in [0.1, 0.15) is 5.75 Å². The van der Waals surface area contributed by atoms with Crippen LogP contribution in [0.5, 0.6) is 5.75 Å². The Hall–Kier alpha value is -0.950. The molecule has 0 atom stereocenters. The van der Waals surface area contributed by atoms with Gasteiger partial charge in [-0.05, 0) is 18.2 Å². The highest BCUT2D eigenvalue weighted by molar-refractivity contribution is 6.30. The van der Waals surface area contributed by atoms with E-state index in [9.17, 15) is 13.9 Å². The summed E-state index contributed by atoms with van der Waals surface area (Å²) in [5.74, 6) is 0.0841. The molecule has 1 aliphatic heterocycles. The first-order valence-corrected chi connectivity index (χ1v) is 7.10. The van der Waals surface area contributed by atoms with Gasteiger partial charge in [0, 0.05) is 49.7 Å². The van der Waals surface area contributed by atoms with Gasteiger partial charge in [0.2, 0.25) is 0 Å². The van der Waals surface area contributed by atoms with E-state index < -0.39 is 12.2 Å². The molecule has 1 aromatic rings. The molecule has 0 amide bonds. The zero-order valence-electron chi connectivity index (χ0n) is 11.4. The third-order valence-corrected chi connectivity index (χ3v) is 3.67. The minimum Gasteiger partial charge on any atom is -0.434 e. The van der Waals surface area contributed by atoms with Gasteiger partial charge in [-0.1, -0.05) is 11.6 Å². The summed E-state index contributed by atoms with van der Waals surface area (Å²) >= 11 is 5.87. The summed E-state index contributed by atoms with van der Waals surface area (Å²) in [6.45, 7) is -1.20. The number of hydrogen-bond acceptors (Lipinski definition) is 4. The van der Waals surface area contributed by atoms with Crippen molar-refractivity contribution in [2.75, 3.05) is 19.8 Å². The number of ether oxygens (including phenoxy) is 2. The van der Waals surface area contributed by atoms with Gasteiger partial charge in [-0.25, -0.2) is 0 Å². The number of halogens is 3. The third-order valence-electron chi connectivity index (χ3n) is 3.43. The number of hydrogen-bond donors (Lipinski definition) is 2. The highest BCUT2D eigenvalue weighted by atomic mass is 35.5. The number of alkyl halides is 2. The van der Waals surface area contributed by atoms with Crippen LogP contribution in [-0.4, -0.2) is 37.1 Å². The normalized spacial score (nSPS) is 18.0. The maximum atomic E-state index is 12.3. The van der Waals surface area contributed by atoms with Gasteiger partial charge in [-0.2, -0.15) is 8.78 Å². The minimum atomic E-state index is -2.88. The van der Waals surface area contributed by atoms with Crippen LogP contribution in [0.4, 0.5) is 8.78 Å². The maximum Gasteiger partial charge on any atom is 0.387 e. The average molecular weight is 322 g/mol. The van der Waals surface area contributed by atoms with Gasteiger partial charge in [0.15, 0.2) is 0 Å². The lowest BCUT2D eigenvalue weighted by Crippen LogP contribution is -2.44. The zero-order chi connectivity index (χ0) is 15.3. The molecule has 1 heterocycles. The van der Waals surface area contributed by atoms with Crippen molar-refractivity contribution in [2.24, 2.45) is 0 Å². The molecule has 0 saturated carbocycles. The van der Waals surface area contributed by atoms with Crippen molar-refractivity contribution >= 4 is 11.6 Å². The van der Waals surface area contributed by atoms with E-state index in [0.717, 1.165) is 0 Å². The predicted molar refractivity (Wildman–Crippen MR) is 74.8 cm³/mol. The van der Waals surface area contributed by atoms with Crippen LogP contribution in [-0.2, 0) is 11.3 Å². The second-order valence-electron chi connectivity index (χ2n) is 5.07. The zero-order valence-corrected chi connectivity index (χ0v) is 12.2. The van der Waals surface area contributed by atoms with Gasteiger partial charge in [0.05, 0.1) is 5.60 Å². The topological polar surface area (TPSA) is 50.7 Å². The Bertz CT molecular complexity index is 468. The van der Waals surface area contributed by atoms with E-state index in [-0.39, 0.29) is 12.3 Å². The Morgan fingerprint density at radius 3 is 2.76 bits per heavy atom. The Morgan fingerprint density at radius 1 is 1.38 bits per heavy atom. The van der Waals surface area contributed by atoms with Crippen LogP contribution in [0, 0.1) is 0 Å². The minimum absolute atomic E-state index is 0.0841. The molecule has 118 valence electrons. The van der Waals surface area contributed by atoms with E-state index in [1.807, 2.05) is 0 Å². The van der Waals surface area contributed by atoms with Crippen molar-refractivity contribution in [3.8, 4) is 5.75 Å². The smallest absolute Gasteiger partial charge is 0.387 e. The van der Waals surface area contributed by atoms with Crippen LogP contribution < -0.4 is 10.1 Å². The SMILES string of the molecule is OC1(CNCc2cc(Cl)ccc2OC(F)F)CCOCC1. The van der Waals surface area contributed by atoms with Crippen molar-refractivity contribution in [3.05, 3.63) is 28.8 Å². The summed E-state index contributed by atoms with van der Waals surface area (Å²) in [6, 6.07) is 4.48. The molecule has 0 bridgehead atoms. The molecule has 21 heavy (non-hydrogen) atoms. The van der Waals surface area contributed by atoms with E-state index in [4.69, 9.17) is 16.3 Å². The summed E-state index contributed by atoms with van der Waals surface area (Å²) in [7, 11) is 0. The monoisotopic (exact) mass is 321 g/mol. The lowest BCUT2D eigenvalue weighted by molar-refractivity contribution is -0.0622. The fraction of sp³-hybridized carbons (Fsp3) is 0.571. The average Bonchev–Trinajstić information content (AvgIpc) is 2.42. The van der Waals surface area contributed by atoms with E-state index in [0.29, 0.717) is 43.2 Å². The first kappa shape index (κ1) is 16.4. The molecule has 1 aliphatic rings. The molecule has 1 aromatic carbocycles. The van der Waals surface area contributed by atoms with Gasteiger partial charge in [-0.15, -0.1) is 0 Å². The second-order valence-corrected chi connectivity index (χ2v) is 5.51. The number of aliphatic hydroxyl groups is 1. The van der Waals surface area contributed by atoms with Gasteiger partial charge < -0.3 is 19.9 Å². The Morgan fingerprint density at radius 2 is 2.10 bits per heavy atom. The second kappa shape index (κ2) is 7.35. The molecule has 0 unspecified atom stereocenters. The van der Waals surface area contributed by atoms with Gasteiger partial charge in [0.25, 0.3) is 0 Å². The van der Waals surface area contributed by atoms with Gasteiger partial charge in [-0.3, -0.25) is 0 Å². The van der Waals surface area contributed by atoms with E-state index in [1.165, 1.54) is 12.1 Å². The number of nitrogens with one attached hydrogen (secondary N) is 1. The molecular formula is C14H18ClF2NO3. The van der Waals surface area contributed by atoms with Crippen LogP contribution in [0.15, 0.2) is 18.2 Å². The molecule has 0 aliphatic carbocycles. The number of rotatable bonds is 6. The molecule has 7 heteroatoms. The molecule has 0 spiro atoms. The van der Waals surface area contributed by atoms with Crippen LogP contribution in [0.3, 0.4) is 0 Å². The maximum absolute atomic E-state index is 12.3. The largest absolute Gasteiger partial charge is 0.434 e. The summed E-state index contributed by atoms with van der Waals surface area (Å²) < 4.78 is 34.3.